The summed E-state index contributed by atoms with van der Waals surface area (Å²) in [6.45, 7) is 4.35. The van der Waals surface area contributed by atoms with Gasteiger partial charge in [0.05, 0.1) is 16.3 Å². The lowest BCUT2D eigenvalue weighted by molar-refractivity contribution is 0.103. The van der Waals surface area contributed by atoms with Gasteiger partial charge < -0.3 is 4.90 Å². The lowest BCUT2D eigenvalue weighted by Crippen LogP contribution is -2.46. The van der Waals surface area contributed by atoms with Crippen molar-refractivity contribution in [2.45, 2.75) is 11.4 Å². The molecule has 3 aromatic carbocycles. The molecule has 1 saturated heterocycles. The number of hydrogen-bond donors (Lipinski definition) is 1. The quantitative estimate of drug-likeness (QED) is 0.391. The number of primary sulfonamides is 1. The second-order valence-electron chi connectivity index (χ2n) is 8.75. The van der Waals surface area contributed by atoms with Gasteiger partial charge in [-0.15, -0.1) is 0 Å². The Kier molecular flexibility index (Phi) is 6.69. The lowest BCUT2D eigenvalue weighted by Gasteiger charge is -2.36. The SMILES string of the molecule is NS(=O)(=O)c1ccccc1C(=O)c1ccc(N2CCN(Cc3ccnn3-c3ccccc3)CC2)cc1. The Morgan fingerprint density at radius 1 is 0.806 bits per heavy atom. The molecule has 8 nitrogen and oxygen atoms in total. The van der Waals surface area contributed by atoms with E-state index < -0.39 is 10.0 Å². The Hall–Kier alpha value is -3.79. The van der Waals surface area contributed by atoms with Crippen LogP contribution in [0.2, 0.25) is 0 Å². The van der Waals surface area contributed by atoms with Gasteiger partial charge >= 0.3 is 0 Å². The second-order valence-corrected chi connectivity index (χ2v) is 10.3. The number of carbonyl (C=O) groups excluding carboxylic acids is 1. The van der Waals surface area contributed by atoms with E-state index in [1.165, 1.54) is 12.1 Å². The number of rotatable bonds is 7. The van der Waals surface area contributed by atoms with Crippen molar-refractivity contribution >= 4 is 21.5 Å². The Morgan fingerprint density at radius 3 is 2.17 bits per heavy atom. The van der Waals surface area contributed by atoms with Gasteiger partial charge in [-0.2, -0.15) is 5.10 Å². The highest BCUT2D eigenvalue weighted by Crippen LogP contribution is 2.22. The molecule has 0 aliphatic carbocycles. The maximum Gasteiger partial charge on any atom is 0.238 e. The van der Waals surface area contributed by atoms with E-state index in [2.05, 4.69) is 33.1 Å². The number of sulfonamides is 1. The molecule has 0 atom stereocenters. The van der Waals surface area contributed by atoms with Crippen LogP contribution in [0.3, 0.4) is 0 Å². The Labute approximate surface area is 210 Å². The molecule has 2 heterocycles. The highest BCUT2D eigenvalue weighted by Gasteiger charge is 2.22. The Balaban J connectivity index is 1.23. The number of piperazine rings is 1. The summed E-state index contributed by atoms with van der Waals surface area (Å²) in [6.07, 6.45) is 1.84. The molecule has 1 fully saturated rings. The summed E-state index contributed by atoms with van der Waals surface area (Å²) in [7, 11) is -3.99. The highest BCUT2D eigenvalue weighted by atomic mass is 32.2. The van der Waals surface area contributed by atoms with Crippen LogP contribution < -0.4 is 10.0 Å². The number of para-hydroxylation sites is 1. The third kappa shape index (κ3) is 5.08. The van der Waals surface area contributed by atoms with Crippen LogP contribution >= 0.6 is 0 Å². The average molecular weight is 502 g/mol. The summed E-state index contributed by atoms with van der Waals surface area (Å²) in [5.74, 6) is -0.369. The van der Waals surface area contributed by atoms with Crippen molar-refractivity contribution in [2.75, 3.05) is 31.1 Å². The third-order valence-corrected chi connectivity index (χ3v) is 7.38. The van der Waals surface area contributed by atoms with Gasteiger partial charge in [0.15, 0.2) is 5.78 Å². The number of hydrogen-bond acceptors (Lipinski definition) is 6. The zero-order valence-corrected chi connectivity index (χ0v) is 20.5. The van der Waals surface area contributed by atoms with Crippen LogP contribution in [-0.4, -0.2) is 55.1 Å². The number of ketones is 1. The first kappa shape index (κ1) is 23.9. The molecule has 0 saturated carbocycles. The average Bonchev–Trinajstić information content (AvgIpc) is 3.37. The van der Waals surface area contributed by atoms with Crippen molar-refractivity contribution in [1.29, 1.82) is 0 Å². The molecule has 184 valence electrons. The van der Waals surface area contributed by atoms with Gasteiger partial charge in [0.25, 0.3) is 0 Å². The summed E-state index contributed by atoms with van der Waals surface area (Å²) in [4.78, 5) is 17.5. The molecule has 4 aromatic rings. The normalized spacial score (nSPS) is 14.6. The summed E-state index contributed by atoms with van der Waals surface area (Å²) >= 11 is 0. The summed E-state index contributed by atoms with van der Waals surface area (Å²) < 4.78 is 25.7. The standard InChI is InChI=1S/C27H27N5O3S/c28-36(34,35)26-9-5-4-8-25(26)27(33)21-10-12-22(13-11-21)31-18-16-30(17-19-31)20-24-14-15-29-32(24)23-6-2-1-3-7-23/h1-15H,16-20H2,(H2,28,34,35). The summed E-state index contributed by atoms with van der Waals surface area (Å²) in [5, 5.41) is 9.78. The molecule has 0 spiro atoms. The molecule has 9 heteroatoms. The Bertz CT molecular complexity index is 1460. The lowest BCUT2D eigenvalue weighted by atomic mass is 10.0. The fourth-order valence-corrected chi connectivity index (χ4v) is 5.26. The number of anilines is 1. The maximum absolute atomic E-state index is 13.0. The van der Waals surface area contributed by atoms with Crippen molar-refractivity contribution < 1.29 is 13.2 Å². The molecule has 36 heavy (non-hydrogen) atoms. The predicted octanol–water partition coefficient (Wildman–Crippen LogP) is 3.07. The summed E-state index contributed by atoms with van der Waals surface area (Å²) in [5.41, 5.74) is 3.73. The maximum atomic E-state index is 13.0. The minimum atomic E-state index is -3.99. The van der Waals surface area contributed by atoms with E-state index in [1.54, 1.807) is 24.3 Å². The highest BCUT2D eigenvalue weighted by molar-refractivity contribution is 7.89. The number of benzene rings is 3. The van der Waals surface area contributed by atoms with E-state index >= 15 is 0 Å². The van der Waals surface area contributed by atoms with Crippen molar-refractivity contribution in [2.24, 2.45) is 5.14 Å². The number of aromatic nitrogens is 2. The predicted molar refractivity (Wildman–Crippen MR) is 139 cm³/mol. The third-order valence-electron chi connectivity index (χ3n) is 6.41. The first-order chi connectivity index (χ1) is 17.4. The van der Waals surface area contributed by atoms with E-state index in [0.29, 0.717) is 5.56 Å². The van der Waals surface area contributed by atoms with Crippen molar-refractivity contribution in [3.8, 4) is 5.69 Å². The van der Waals surface area contributed by atoms with Crippen LogP contribution in [0.1, 0.15) is 21.6 Å². The first-order valence-electron chi connectivity index (χ1n) is 11.7. The van der Waals surface area contributed by atoms with E-state index in [0.717, 1.165) is 49.8 Å². The fourth-order valence-electron chi connectivity index (χ4n) is 4.53. The van der Waals surface area contributed by atoms with E-state index in [1.807, 2.05) is 41.2 Å². The van der Waals surface area contributed by atoms with Crippen molar-refractivity contribution in [3.05, 3.63) is 108 Å². The van der Waals surface area contributed by atoms with Crippen LogP contribution in [0, 0.1) is 0 Å². The van der Waals surface area contributed by atoms with Gasteiger partial charge in [-0.1, -0.05) is 30.3 Å². The zero-order chi connectivity index (χ0) is 25.1. The number of nitrogens with zero attached hydrogens (tertiary/aromatic N) is 4. The van der Waals surface area contributed by atoms with Crippen molar-refractivity contribution in [3.63, 3.8) is 0 Å². The molecule has 1 aromatic heterocycles. The van der Waals surface area contributed by atoms with Crippen LogP contribution in [0.4, 0.5) is 5.69 Å². The van der Waals surface area contributed by atoms with Gasteiger partial charge in [0.1, 0.15) is 0 Å². The van der Waals surface area contributed by atoms with Gasteiger partial charge in [-0.05, 0) is 54.6 Å². The topological polar surface area (TPSA) is 102 Å². The fraction of sp³-hybridized carbons (Fsp3) is 0.185. The molecule has 1 aliphatic rings. The summed E-state index contributed by atoms with van der Waals surface area (Å²) in [6, 6.07) is 25.5. The molecule has 0 unspecified atom stereocenters. The van der Waals surface area contributed by atoms with Crippen LogP contribution in [0.15, 0.2) is 96.0 Å². The monoisotopic (exact) mass is 501 g/mol. The molecular weight excluding hydrogens is 474 g/mol. The van der Waals surface area contributed by atoms with Gasteiger partial charge in [0.2, 0.25) is 10.0 Å². The molecular formula is C27H27N5O3S. The molecule has 2 N–H and O–H groups in total. The van der Waals surface area contributed by atoms with Gasteiger partial charge in [-0.25, -0.2) is 18.2 Å². The molecule has 1 aliphatic heterocycles. The van der Waals surface area contributed by atoms with Gasteiger partial charge in [0, 0.05) is 55.7 Å². The Morgan fingerprint density at radius 2 is 1.47 bits per heavy atom. The van der Waals surface area contributed by atoms with Crippen LogP contribution in [-0.2, 0) is 16.6 Å². The zero-order valence-electron chi connectivity index (χ0n) is 19.7. The largest absolute Gasteiger partial charge is 0.369 e. The van der Waals surface area contributed by atoms with E-state index in [-0.39, 0.29) is 16.2 Å². The van der Waals surface area contributed by atoms with E-state index in [9.17, 15) is 13.2 Å². The first-order valence-corrected chi connectivity index (χ1v) is 13.3. The number of nitrogens with two attached hydrogens (primary N) is 1. The molecule has 5 rings (SSSR count). The molecule has 0 bridgehead atoms. The minimum Gasteiger partial charge on any atom is -0.369 e. The van der Waals surface area contributed by atoms with Gasteiger partial charge in [-0.3, -0.25) is 9.69 Å². The van der Waals surface area contributed by atoms with Crippen LogP contribution in [0.25, 0.3) is 5.69 Å². The molecule has 0 radical (unpaired) electrons. The number of carbonyl (C=O) groups is 1. The second kappa shape index (κ2) is 10.1. The van der Waals surface area contributed by atoms with Crippen molar-refractivity contribution in [1.82, 2.24) is 14.7 Å². The van der Waals surface area contributed by atoms with E-state index in [4.69, 9.17) is 5.14 Å². The smallest absolute Gasteiger partial charge is 0.238 e. The minimum absolute atomic E-state index is 0.0797. The van der Waals surface area contributed by atoms with Crippen LogP contribution in [0.5, 0.6) is 0 Å². The molecule has 0 amide bonds.